The van der Waals surface area contributed by atoms with Gasteiger partial charge >= 0.3 is 0 Å². The Morgan fingerprint density at radius 3 is 2.59 bits per heavy atom. The lowest BCUT2D eigenvalue weighted by atomic mass is 9.97. The topological polar surface area (TPSA) is 81.9 Å². The number of halogens is 1. The molecule has 0 spiro atoms. The third-order valence-corrected chi connectivity index (χ3v) is 5.81. The number of furan rings is 1. The van der Waals surface area contributed by atoms with Crippen molar-refractivity contribution in [2.45, 2.75) is 51.7 Å². The lowest BCUT2D eigenvalue weighted by Gasteiger charge is -2.38. The van der Waals surface area contributed by atoms with Gasteiger partial charge in [0.2, 0.25) is 0 Å². The van der Waals surface area contributed by atoms with Gasteiger partial charge in [-0.15, -0.1) is 24.0 Å². The number of carbonyl (C=O) groups is 1. The van der Waals surface area contributed by atoms with Crippen molar-refractivity contribution in [3.05, 3.63) is 59.5 Å². The quantitative estimate of drug-likeness (QED) is 0.202. The van der Waals surface area contributed by atoms with Gasteiger partial charge in [-0.25, -0.2) is 0 Å². The number of benzene rings is 1. The van der Waals surface area contributed by atoms with Crippen molar-refractivity contribution in [2.75, 3.05) is 26.7 Å². The van der Waals surface area contributed by atoms with Gasteiger partial charge in [-0.05, 0) is 44.7 Å². The molecule has 176 valence electrons. The number of aryl methyl sites for hydroxylation is 1. The molecule has 3 N–H and O–H groups in total. The predicted molar refractivity (Wildman–Crippen MR) is 140 cm³/mol. The van der Waals surface area contributed by atoms with E-state index >= 15 is 0 Å². The molecule has 1 fully saturated rings. The third kappa shape index (κ3) is 7.81. The Morgan fingerprint density at radius 1 is 1.19 bits per heavy atom. The van der Waals surface area contributed by atoms with Crippen LogP contribution in [-0.4, -0.2) is 55.5 Å². The van der Waals surface area contributed by atoms with Crippen LogP contribution < -0.4 is 16.0 Å². The van der Waals surface area contributed by atoms with Gasteiger partial charge in [0.15, 0.2) is 11.7 Å². The van der Waals surface area contributed by atoms with Crippen LogP contribution >= 0.6 is 24.0 Å². The second-order valence-electron chi connectivity index (χ2n) is 8.21. The number of guanidine groups is 1. The zero-order chi connectivity index (χ0) is 22.1. The fraction of sp³-hybridized carbons (Fsp3) is 0.500. The molecule has 1 aliphatic heterocycles. The SMILES string of the molecule is CN=C(NCCCNC(=O)c1occc1C)NC1CCN(Cc2ccccc2)C(C)C1.I. The first-order valence-electron chi connectivity index (χ1n) is 11.1. The molecule has 2 heterocycles. The molecule has 3 rings (SSSR count). The van der Waals surface area contributed by atoms with Gasteiger partial charge in [-0.3, -0.25) is 14.7 Å². The first-order chi connectivity index (χ1) is 15.1. The molecule has 0 saturated carbocycles. The lowest BCUT2D eigenvalue weighted by Crippen LogP contribution is -2.51. The molecule has 2 aromatic rings. The van der Waals surface area contributed by atoms with Crippen LogP contribution in [0.15, 0.2) is 52.1 Å². The Labute approximate surface area is 208 Å². The van der Waals surface area contributed by atoms with E-state index in [1.807, 2.05) is 6.92 Å². The van der Waals surface area contributed by atoms with Gasteiger partial charge in [-0.1, -0.05) is 30.3 Å². The molecule has 1 saturated heterocycles. The normalized spacial score (nSPS) is 19.2. The number of hydrogen-bond acceptors (Lipinski definition) is 4. The molecule has 2 atom stereocenters. The van der Waals surface area contributed by atoms with Crippen LogP contribution in [0.25, 0.3) is 0 Å². The third-order valence-electron chi connectivity index (χ3n) is 5.81. The number of nitrogens with one attached hydrogen (secondary N) is 3. The lowest BCUT2D eigenvalue weighted by molar-refractivity contribution is 0.0925. The molecule has 1 aliphatic rings. The average molecular weight is 553 g/mol. The number of piperidine rings is 1. The summed E-state index contributed by atoms with van der Waals surface area (Å²) in [7, 11) is 1.80. The molecule has 8 heteroatoms. The van der Waals surface area contributed by atoms with Crippen LogP contribution in [0.2, 0.25) is 0 Å². The van der Waals surface area contributed by atoms with E-state index in [0.717, 1.165) is 50.4 Å². The van der Waals surface area contributed by atoms with Crippen molar-refractivity contribution < 1.29 is 9.21 Å². The molecular formula is C24H36IN5O2. The van der Waals surface area contributed by atoms with Gasteiger partial charge in [-0.2, -0.15) is 0 Å². The maximum atomic E-state index is 12.0. The number of likely N-dealkylation sites (tertiary alicyclic amines) is 1. The monoisotopic (exact) mass is 553 g/mol. The number of rotatable bonds is 8. The standard InChI is InChI=1S/C24H35N5O2.HI/c1-18-11-15-31-22(18)23(30)26-12-7-13-27-24(25-3)28-21-10-14-29(19(2)16-21)17-20-8-5-4-6-9-20;/h4-6,8-9,11,15,19,21H,7,10,12-14,16-17H2,1-3H3,(H,26,30)(H2,25,27,28);1H. The van der Waals surface area contributed by atoms with Crippen LogP contribution in [0.4, 0.5) is 0 Å². The minimum absolute atomic E-state index is 0. The van der Waals surface area contributed by atoms with E-state index in [2.05, 4.69) is 63.1 Å². The maximum absolute atomic E-state index is 12.0. The van der Waals surface area contributed by atoms with Crippen LogP contribution in [0, 0.1) is 6.92 Å². The van der Waals surface area contributed by atoms with Gasteiger partial charge in [0.05, 0.1) is 6.26 Å². The Morgan fingerprint density at radius 2 is 1.94 bits per heavy atom. The summed E-state index contributed by atoms with van der Waals surface area (Å²) in [6.07, 6.45) is 4.52. The molecule has 0 aliphatic carbocycles. The Balaban J connectivity index is 0.00000363. The summed E-state index contributed by atoms with van der Waals surface area (Å²) in [5.41, 5.74) is 2.22. The molecule has 7 nitrogen and oxygen atoms in total. The second kappa shape index (κ2) is 13.5. The van der Waals surface area contributed by atoms with Crippen LogP contribution in [0.3, 0.4) is 0 Å². The second-order valence-corrected chi connectivity index (χ2v) is 8.21. The Bertz CT molecular complexity index is 855. The minimum atomic E-state index is -0.166. The maximum Gasteiger partial charge on any atom is 0.287 e. The number of carbonyl (C=O) groups excluding carboxylic acids is 1. The van der Waals surface area contributed by atoms with Crippen LogP contribution in [-0.2, 0) is 6.54 Å². The highest BCUT2D eigenvalue weighted by atomic mass is 127. The fourth-order valence-corrected chi connectivity index (χ4v) is 3.98. The number of amides is 1. The van der Waals surface area contributed by atoms with E-state index in [1.165, 1.54) is 11.8 Å². The first kappa shape index (κ1) is 26.2. The number of hydrogen-bond donors (Lipinski definition) is 3. The summed E-state index contributed by atoms with van der Waals surface area (Å²) >= 11 is 0. The summed E-state index contributed by atoms with van der Waals surface area (Å²) < 4.78 is 5.21. The molecule has 32 heavy (non-hydrogen) atoms. The summed E-state index contributed by atoms with van der Waals surface area (Å²) in [6.45, 7) is 7.56. The van der Waals surface area contributed by atoms with Crippen molar-refractivity contribution in [1.29, 1.82) is 0 Å². The summed E-state index contributed by atoms with van der Waals surface area (Å²) in [6, 6.07) is 13.4. The molecule has 1 amide bonds. The van der Waals surface area contributed by atoms with Gasteiger partial charge < -0.3 is 20.4 Å². The van der Waals surface area contributed by atoms with Crippen molar-refractivity contribution in [3.63, 3.8) is 0 Å². The molecular weight excluding hydrogens is 517 g/mol. The summed E-state index contributed by atoms with van der Waals surface area (Å²) in [5.74, 6) is 1.04. The van der Waals surface area contributed by atoms with Crippen molar-refractivity contribution >= 4 is 35.8 Å². The minimum Gasteiger partial charge on any atom is -0.459 e. The highest BCUT2D eigenvalue weighted by Crippen LogP contribution is 2.19. The predicted octanol–water partition coefficient (Wildman–Crippen LogP) is 3.54. The smallest absolute Gasteiger partial charge is 0.287 e. The Kier molecular flexibility index (Phi) is 11.0. The van der Waals surface area contributed by atoms with E-state index in [0.29, 0.717) is 24.4 Å². The molecule has 1 aromatic carbocycles. The van der Waals surface area contributed by atoms with Gasteiger partial charge in [0.1, 0.15) is 0 Å². The van der Waals surface area contributed by atoms with Crippen LogP contribution in [0.5, 0.6) is 0 Å². The van der Waals surface area contributed by atoms with Crippen molar-refractivity contribution in [1.82, 2.24) is 20.9 Å². The van der Waals surface area contributed by atoms with E-state index in [4.69, 9.17) is 4.42 Å². The van der Waals surface area contributed by atoms with E-state index < -0.39 is 0 Å². The van der Waals surface area contributed by atoms with Crippen LogP contribution in [0.1, 0.15) is 47.9 Å². The zero-order valence-corrected chi connectivity index (χ0v) is 21.6. The van der Waals surface area contributed by atoms with E-state index in [-0.39, 0.29) is 29.9 Å². The fourth-order valence-electron chi connectivity index (χ4n) is 3.98. The summed E-state index contributed by atoms with van der Waals surface area (Å²) in [5, 5.41) is 9.80. The largest absolute Gasteiger partial charge is 0.459 e. The van der Waals surface area contributed by atoms with E-state index in [1.54, 1.807) is 13.1 Å². The molecule has 1 aromatic heterocycles. The molecule has 2 unspecified atom stereocenters. The molecule has 0 radical (unpaired) electrons. The molecule has 0 bridgehead atoms. The van der Waals surface area contributed by atoms with E-state index in [9.17, 15) is 4.79 Å². The van der Waals surface area contributed by atoms with Crippen molar-refractivity contribution in [2.24, 2.45) is 4.99 Å². The first-order valence-corrected chi connectivity index (χ1v) is 11.1. The van der Waals surface area contributed by atoms with Gasteiger partial charge in [0, 0.05) is 50.9 Å². The highest BCUT2D eigenvalue weighted by molar-refractivity contribution is 14.0. The highest BCUT2D eigenvalue weighted by Gasteiger charge is 2.25. The van der Waals surface area contributed by atoms with Gasteiger partial charge in [0.25, 0.3) is 5.91 Å². The summed E-state index contributed by atoms with van der Waals surface area (Å²) in [4.78, 5) is 19.0. The Hall–Kier alpha value is -2.07. The zero-order valence-electron chi connectivity index (χ0n) is 19.3. The number of nitrogens with zero attached hydrogens (tertiary/aromatic N) is 2. The number of aliphatic imine (C=N–C) groups is 1. The average Bonchev–Trinajstić information content (AvgIpc) is 3.21. The van der Waals surface area contributed by atoms with Crippen molar-refractivity contribution in [3.8, 4) is 0 Å².